The number of aliphatic hydroxyl groups is 1. The highest BCUT2D eigenvalue weighted by Crippen LogP contribution is 2.35. The minimum absolute atomic E-state index is 0.0971. The van der Waals surface area contributed by atoms with Gasteiger partial charge in [0.2, 0.25) is 5.91 Å². The van der Waals surface area contributed by atoms with Crippen molar-refractivity contribution >= 4 is 17.2 Å². The zero-order chi connectivity index (χ0) is 15.1. The lowest BCUT2D eigenvalue weighted by atomic mass is 9.75. The topological polar surface area (TPSA) is 49.3 Å². The van der Waals surface area contributed by atoms with Gasteiger partial charge >= 0.3 is 0 Å². The highest BCUT2D eigenvalue weighted by Gasteiger charge is 2.34. The third-order valence-electron chi connectivity index (χ3n) is 4.04. The van der Waals surface area contributed by atoms with Gasteiger partial charge in [-0.05, 0) is 25.0 Å². The van der Waals surface area contributed by atoms with Crippen molar-refractivity contribution in [1.29, 1.82) is 0 Å². The SMILES string of the molecule is CC1(C(=O)NCc2ccc(C#CCCO)s2)CCCCC1. The van der Waals surface area contributed by atoms with E-state index in [4.69, 9.17) is 5.11 Å². The molecule has 1 amide bonds. The molecule has 4 heteroatoms. The first-order valence-electron chi connectivity index (χ1n) is 7.61. The van der Waals surface area contributed by atoms with E-state index in [1.165, 1.54) is 6.42 Å². The van der Waals surface area contributed by atoms with Crippen LogP contribution in [0.5, 0.6) is 0 Å². The molecule has 0 bridgehead atoms. The van der Waals surface area contributed by atoms with Crippen LogP contribution in [0, 0.1) is 17.3 Å². The molecule has 1 fully saturated rings. The van der Waals surface area contributed by atoms with E-state index in [2.05, 4.69) is 24.1 Å². The van der Waals surface area contributed by atoms with Gasteiger partial charge in [0.25, 0.3) is 0 Å². The minimum Gasteiger partial charge on any atom is -0.395 e. The summed E-state index contributed by atoms with van der Waals surface area (Å²) >= 11 is 1.60. The lowest BCUT2D eigenvalue weighted by Gasteiger charge is -2.31. The summed E-state index contributed by atoms with van der Waals surface area (Å²) in [6.45, 7) is 2.77. The number of thiophene rings is 1. The third-order valence-corrected chi connectivity index (χ3v) is 5.04. The predicted molar refractivity (Wildman–Crippen MR) is 85.9 cm³/mol. The average molecular weight is 305 g/mol. The Bertz CT molecular complexity index is 532. The summed E-state index contributed by atoms with van der Waals surface area (Å²) in [4.78, 5) is 14.5. The zero-order valence-electron chi connectivity index (χ0n) is 12.6. The number of aliphatic hydroxyl groups excluding tert-OH is 1. The van der Waals surface area contributed by atoms with Crippen LogP contribution in [0.15, 0.2) is 12.1 Å². The Balaban J connectivity index is 1.85. The van der Waals surface area contributed by atoms with Crippen molar-refractivity contribution in [3.63, 3.8) is 0 Å². The van der Waals surface area contributed by atoms with Gasteiger partial charge in [-0.3, -0.25) is 4.79 Å². The van der Waals surface area contributed by atoms with Crippen molar-refractivity contribution < 1.29 is 9.90 Å². The van der Waals surface area contributed by atoms with Crippen LogP contribution in [0.2, 0.25) is 0 Å². The second kappa shape index (κ2) is 7.63. The molecular weight excluding hydrogens is 282 g/mol. The second-order valence-electron chi connectivity index (χ2n) is 5.85. The monoisotopic (exact) mass is 305 g/mol. The van der Waals surface area contributed by atoms with Gasteiger partial charge in [-0.2, -0.15) is 0 Å². The van der Waals surface area contributed by atoms with Crippen molar-refractivity contribution in [2.45, 2.75) is 52.0 Å². The molecule has 2 N–H and O–H groups in total. The van der Waals surface area contributed by atoms with Crippen molar-refractivity contribution in [3.8, 4) is 11.8 Å². The molecule has 0 radical (unpaired) electrons. The fraction of sp³-hybridized carbons (Fsp3) is 0.588. The van der Waals surface area contributed by atoms with E-state index >= 15 is 0 Å². The summed E-state index contributed by atoms with van der Waals surface area (Å²) in [5, 5.41) is 11.8. The van der Waals surface area contributed by atoms with E-state index in [1.807, 2.05) is 12.1 Å². The van der Waals surface area contributed by atoms with E-state index < -0.39 is 0 Å². The Labute approximate surface area is 130 Å². The second-order valence-corrected chi connectivity index (χ2v) is 7.01. The average Bonchev–Trinajstić information content (AvgIpc) is 2.94. The number of nitrogens with one attached hydrogen (secondary N) is 1. The highest BCUT2D eigenvalue weighted by molar-refractivity contribution is 7.12. The molecular formula is C17H23NO2S. The van der Waals surface area contributed by atoms with Crippen molar-refractivity contribution in [1.82, 2.24) is 5.32 Å². The summed E-state index contributed by atoms with van der Waals surface area (Å²) in [5.41, 5.74) is -0.181. The predicted octanol–water partition coefficient (Wildman–Crippen LogP) is 3.07. The Kier molecular flexibility index (Phi) is 5.84. The molecule has 0 atom stereocenters. The molecule has 0 aromatic carbocycles. The van der Waals surface area contributed by atoms with Crippen LogP contribution in [-0.2, 0) is 11.3 Å². The lowest BCUT2D eigenvalue weighted by molar-refractivity contribution is -0.132. The van der Waals surface area contributed by atoms with E-state index in [-0.39, 0.29) is 17.9 Å². The van der Waals surface area contributed by atoms with Crippen LogP contribution in [-0.4, -0.2) is 17.6 Å². The van der Waals surface area contributed by atoms with Crippen molar-refractivity contribution in [3.05, 3.63) is 21.9 Å². The van der Waals surface area contributed by atoms with E-state index in [1.54, 1.807) is 11.3 Å². The number of carbonyl (C=O) groups excluding carboxylic acids is 1. The fourth-order valence-electron chi connectivity index (χ4n) is 2.69. The highest BCUT2D eigenvalue weighted by atomic mass is 32.1. The van der Waals surface area contributed by atoms with E-state index in [0.717, 1.165) is 35.4 Å². The number of rotatable bonds is 4. The van der Waals surface area contributed by atoms with Gasteiger partial charge in [0.1, 0.15) is 0 Å². The van der Waals surface area contributed by atoms with Crippen LogP contribution in [0.3, 0.4) is 0 Å². The summed E-state index contributed by atoms with van der Waals surface area (Å²) in [6.07, 6.45) is 6.08. The van der Waals surface area contributed by atoms with E-state index in [9.17, 15) is 4.79 Å². The maximum absolute atomic E-state index is 12.3. The molecule has 1 aliphatic rings. The van der Waals surface area contributed by atoms with Crippen LogP contribution in [0.4, 0.5) is 0 Å². The van der Waals surface area contributed by atoms with Gasteiger partial charge in [0.15, 0.2) is 0 Å². The van der Waals surface area contributed by atoms with Crippen molar-refractivity contribution in [2.24, 2.45) is 5.41 Å². The van der Waals surface area contributed by atoms with Gasteiger partial charge in [0.05, 0.1) is 18.0 Å². The summed E-state index contributed by atoms with van der Waals surface area (Å²) in [6, 6.07) is 3.98. The quantitative estimate of drug-likeness (QED) is 0.840. The first-order valence-corrected chi connectivity index (χ1v) is 8.42. The van der Waals surface area contributed by atoms with Gasteiger partial charge < -0.3 is 10.4 Å². The van der Waals surface area contributed by atoms with E-state index in [0.29, 0.717) is 13.0 Å². The Morgan fingerprint density at radius 2 is 2.14 bits per heavy atom. The summed E-state index contributed by atoms with van der Waals surface area (Å²) < 4.78 is 0. The molecule has 1 aromatic rings. The molecule has 114 valence electrons. The maximum Gasteiger partial charge on any atom is 0.226 e. The number of hydrogen-bond donors (Lipinski definition) is 2. The molecule has 1 saturated carbocycles. The van der Waals surface area contributed by atoms with Crippen LogP contribution in [0.1, 0.15) is 55.2 Å². The molecule has 1 aliphatic carbocycles. The Hall–Kier alpha value is -1.31. The molecule has 0 saturated heterocycles. The number of hydrogen-bond acceptors (Lipinski definition) is 3. The van der Waals surface area contributed by atoms with Crippen molar-refractivity contribution in [2.75, 3.05) is 6.61 Å². The third kappa shape index (κ3) is 4.59. The first-order chi connectivity index (χ1) is 10.1. The standard InChI is InChI=1S/C17H23NO2S/c1-17(10-4-2-5-11-17)16(20)18-13-15-9-8-14(21-15)7-3-6-12-19/h8-9,19H,2,4-6,10-13H2,1H3,(H,18,20). The molecule has 3 nitrogen and oxygen atoms in total. The molecule has 1 heterocycles. The molecule has 0 aliphatic heterocycles. The van der Waals surface area contributed by atoms with Gasteiger partial charge in [0, 0.05) is 16.7 Å². The molecule has 21 heavy (non-hydrogen) atoms. The first kappa shape index (κ1) is 16.1. The smallest absolute Gasteiger partial charge is 0.226 e. The number of amides is 1. The minimum atomic E-state index is -0.181. The van der Waals surface area contributed by atoms with Gasteiger partial charge in [-0.15, -0.1) is 11.3 Å². The number of carbonyl (C=O) groups is 1. The fourth-order valence-corrected chi connectivity index (χ4v) is 3.51. The van der Waals surface area contributed by atoms with Crippen LogP contribution >= 0.6 is 11.3 Å². The summed E-state index contributed by atoms with van der Waals surface area (Å²) in [7, 11) is 0. The maximum atomic E-state index is 12.3. The zero-order valence-corrected chi connectivity index (χ0v) is 13.4. The molecule has 0 spiro atoms. The normalized spacial score (nSPS) is 16.9. The van der Waals surface area contributed by atoms with Gasteiger partial charge in [-0.1, -0.05) is 38.0 Å². The van der Waals surface area contributed by atoms with Crippen LogP contribution in [0.25, 0.3) is 0 Å². The lowest BCUT2D eigenvalue weighted by Crippen LogP contribution is -2.39. The molecule has 2 rings (SSSR count). The van der Waals surface area contributed by atoms with Crippen LogP contribution < -0.4 is 5.32 Å². The van der Waals surface area contributed by atoms with Gasteiger partial charge in [-0.25, -0.2) is 0 Å². The summed E-state index contributed by atoms with van der Waals surface area (Å²) in [5.74, 6) is 6.11. The molecule has 1 aromatic heterocycles. The Morgan fingerprint density at radius 3 is 2.86 bits per heavy atom. The molecule has 0 unspecified atom stereocenters. The largest absolute Gasteiger partial charge is 0.395 e. The Morgan fingerprint density at radius 1 is 1.38 bits per heavy atom.